The van der Waals surface area contributed by atoms with Crippen molar-refractivity contribution in [1.82, 2.24) is 0 Å². The number of allylic oxidation sites excluding steroid dienone is 2. The van der Waals surface area contributed by atoms with Gasteiger partial charge in [-0.3, -0.25) is 0 Å². The minimum absolute atomic E-state index is 0.194. The Labute approximate surface area is 157 Å². The Bertz CT molecular complexity index is 648. The number of unbranched alkanes of at least 4 members (excludes halogenated alkanes) is 3. The minimum atomic E-state index is -0.194. The summed E-state index contributed by atoms with van der Waals surface area (Å²) in [6.45, 7) is 6.58. The van der Waals surface area contributed by atoms with Gasteiger partial charge in [0.15, 0.2) is 0 Å². The van der Waals surface area contributed by atoms with Gasteiger partial charge >= 0.3 is 0 Å². The molecule has 138 valence electrons. The molecule has 1 aromatic carbocycles. The molecule has 1 heterocycles. The van der Waals surface area contributed by atoms with Crippen LogP contribution in [0, 0.1) is 5.92 Å². The first kappa shape index (κ1) is 18.6. The number of phenolic OH excluding ortho intramolecular Hbond substituents is 1. The van der Waals surface area contributed by atoms with E-state index in [1.165, 1.54) is 24.0 Å². The topological polar surface area (TPSA) is 29.5 Å². The second-order valence-corrected chi connectivity index (χ2v) is 8.65. The number of hydrogen-bond donors (Lipinski definition) is 1. The van der Waals surface area contributed by atoms with Crippen molar-refractivity contribution >= 4 is 11.6 Å². The molecule has 0 aromatic heterocycles. The highest BCUT2D eigenvalue weighted by Gasteiger charge is 2.45. The van der Waals surface area contributed by atoms with Crippen LogP contribution in [-0.4, -0.2) is 16.6 Å². The number of benzene rings is 1. The molecule has 0 saturated heterocycles. The molecule has 1 aliphatic heterocycles. The molecule has 3 rings (SSSR count). The third kappa shape index (κ3) is 4.00. The molecule has 25 heavy (non-hydrogen) atoms. The largest absolute Gasteiger partial charge is 0.507 e. The predicted molar refractivity (Wildman–Crippen MR) is 105 cm³/mol. The maximum Gasteiger partial charge on any atom is 0.127 e. The summed E-state index contributed by atoms with van der Waals surface area (Å²) in [6, 6.07) is 4.11. The minimum Gasteiger partial charge on any atom is -0.507 e. The standard InChI is InChI=1S/C22H31ClO2/c1-15-9-10-18-17(12-15)21-19(24)13-16(8-6-4-5-7-11-23)14-20(21)25-22(18,2)3/h12-14,17-18,24H,4-11H2,1-3H3/t17-,18-/m1/s1. The number of aromatic hydroxyl groups is 1. The van der Waals surface area contributed by atoms with E-state index in [4.69, 9.17) is 16.3 Å². The quantitative estimate of drug-likeness (QED) is 0.363. The van der Waals surface area contributed by atoms with Crippen LogP contribution in [0.4, 0.5) is 0 Å². The van der Waals surface area contributed by atoms with Gasteiger partial charge in [0.05, 0.1) is 0 Å². The second-order valence-electron chi connectivity index (χ2n) is 8.27. The molecular weight excluding hydrogens is 332 g/mol. The van der Waals surface area contributed by atoms with E-state index in [-0.39, 0.29) is 11.5 Å². The van der Waals surface area contributed by atoms with Gasteiger partial charge in [-0.15, -0.1) is 11.6 Å². The molecule has 0 bridgehead atoms. The first-order valence-electron chi connectivity index (χ1n) is 9.70. The summed E-state index contributed by atoms with van der Waals surface area (Å²) in [5.41, 5.74) is 3.40. The van der Waals surface area contributed by atoms with Crippen molar-refractivity contribution in [2.24, 2.45) is 5.92 Å². The maximum absolute atomic E-state index is 10.7. The summed E-state index contributed by atoms with van der Waals surface area (Å²) >= 11 is 5.74. The Balaban J connectivity index is 1.84. The van der Waals surface area contributed by atoms with E-state index < -0.39 is 0 Å². The van der Waals surface area contributed by atoms with Gasteiger partial charge in [0.25, 0.3) is 0 Å². The van der Waals surface area contributed by atoms with E-state index in [0.29, 0.717) is 11.7 Å². The number of ether oxygens (including phenoxy) is 1. The van der Waals surface area contributed by atoms with Crippen LogP contribution in [0.3, 0.4) is 0 Å². The summed E-state index contributed by atoms with van der Waals surface area (Å²) in [5, 5.41) is 10.7. The van der Waals surface area contributed by atoms with Gasteiger partial charge in [-0.1, -0.05) is 24.5 Å². The highest BCUT2D eigenvalue weighted by Crippen LogP contribution is 2.53. The number of phenols is 1. The molecule has 1 aromatic rings. The van der Waals surface area contributed by atoms with E-state index in [1.54, 1.807) is 0 Å². The number of aryl methyl sites for hydroxylation is 1. The van der Waals surface area contributed by atoms with Crippen LogP contribution in [0.15, 0.2) is 23.8 Å². The fourth-order valence-corrected chi connectivity index (χ4v) is 4.69. The molecule has 0 radical (unpaired) electrons. The zero-order chi connectivity index (χ0) is 18.0. The van der Waals surface area contributed by atoms with E-state index in [9.17, 15) is 5.11 Å². The van der Waals surface area contributed by atoms with Crippen LogP contribution in [0.5, 0.6) is 11.5 Å². The van der Waals surface area contributed by atoms with Gasteiger partial charge in [0.2, 0.25) is 0 Å². The molecule has 0 fully saturated rings. The molecule has 1 N–H and O–H groups in total. The molecule has 0 amide bonds. The number of halogens is 1. The van der Waals surface area contributed by atoms with Crippen molar-refractivity contribution in [3.8, 4) is 11.5 Å². The van der Waals surface area contributed by atoms with Crippen LogP contribution in [-0.2, 0) is 6.42 Å². The molecule has 0 spiro atoms. The number of hydrogen-bond acceptors (Lipinski definition) is 2. The van der Waals surface area contributed by atoms with Gasteiger partial charge in [-0.2, -0.15) is 0 Å². The number of alkyl halides is 1. The van der Waals surface area contributed by atoms with Crippen LogP contribution >= 0.6 is 11.6 Å². The lowest BCUT2D eigenvalue weighted by Gasteiger charge is -2.46. The molecule has 2 aliphatic rings. The normalized spacial score (nSPS) is 24.1. The Hall–Kier alpha value is -1.15. The van der Waals surface area contributed by atoms with E-state index in [2.05, 4.69) is 32.9 Å². The SMILES string of the molecule is CC1=C[C@H]2c3c(O)cc(CCCCCCCl)cc3OC(C)(C)[C@@H]2CC1. The Morgan fingerprint density at radius 3 is 2.72 bits per heavy atom. The number of fused-ring (bicyclic) bond motifs is 3. The summed E-state index contributed by atoms with van der Waals surface area (Å²) < 4.78 is 6.38. The Kier molecular flexibility index (Phi) is 5.68. The van der Waals surface area contributed by atoms with Gasteiger partial charge in [-0.05, 0) is 70.6 Å². The zero-order valence-electron chi connectivity index (χ0n) is 15.8. The van der Waals surface area contributed by atoms with E-state index >= 15 is 0 Å². The highest BCUT2D eigenvalue weighted by molar-refractivity contribution is 6.17. The molecular formula is C22H31ClO2. The lowest BCUT2D eigenvalue weighted by atomic mass is 9.68. The summed E-state index contributed by atoms with van der Waals surface area (Å²) in [6.07, 6.45) is 10.2. The third-order valence-electron chi connectivity index (χ3n) is 5.88. The van der Waals surface area contributed by atoms with Crippen LogP contribution in [0.25, 0.3) is 0 Å². The smallest absolute Gasteiger partial charge is 0.127 e. The molecule has 3 heteroatoms. The van der Waals surface area contributed by atoms with Gasteiger partial charge in [-0.25, -0.2) is 0 Å². The first-order valence-corrected chi connectivity index (χ1v) is 10.2. The van der Waals surface area contributed by atoms with Crippen molar-refractivity contribution in [3.05, 3.63) is 34.9 Å². The molecule has 2 atom stereocenters. The summed E-state index contributed by atoms with van der Waals surface area (Å²) in [5.74, 6) is 2.73. The summed E-state index contributed by atoms with van der Waals surface area (Å²) in [7, 11) is 0. The van der Waals surface area contributed by atoms with Crippen molar-refractivity contribution in [2.75, 3.05) is 5.88 Å². The lowest BCUT2D eigenvalue weighted by Crippen LogP contribution is -2.45. The molecule has 0 unspecified atom stereocenters. The fourth-order valence-electron chi connectivity index (χ4n) is 4.50. The van der Waals surface area contributed by atoms with Crippen molar-refractivity contribution in [2.45, 2.75) is 77.2 Å². The molecule has 1 aliphatic carbocycles. The monoisotopic (exact) mass is 362 g/mol. The lowest BCUT2D eigenvalue weighted by molar-refractivity contribution is 0.0107. The summed E-state index contributed by atoms with van der Waals surface area (Å²) in [4.78, 5) is 0. The maximum atomic E-state index is 10.7. The third-order valence-corrected chi connectivity index (χ3v) is 6.14. The van der Waals surface area contributed by atoms with Gasteiger partial charge in [0, 0.05) is 23.3 Å². The van der Waals surface area contributed by atoms with Crippen molar-refractivity contribution < 1.29 is 9.84 Å². The number of rotatable bonds is 6. The van der Waals surface area contributed by atoms with E-state index in [1.807, 2.05) is 6.07 Å². The molecule has 2 nitrogen and oxygen atoms in total. The van der Waals surface area contributed by atoms with Crippen LogP contribution in [0.1, 0.15) is 76.3 Å². The Morgan fingerprint density at radius 1 is 1.20 bits per heavy atom. The zero-order valence-corrected chi connectivity index (χ0v) is 16.5. The van der Waals surface area contributed by atoms with Crippen molar-refractivity contribution in [1.29, 1.82) is 0 Å². The van der Waals surface area contributed by atoms with Crippen molar-refractivity contribution in [3.63, 3.8) is 0 Å². The van der Waals surface area contributed by atoms with E-state index in [0.717, 1.165) is 49.3 Å². The first-order chi connectivity index (χ1) is 11.9. The van der Waals surface area contributed by atoms with Gasteiger partial charge < -0.3 is 9.84 Å². The predicted octanol–water partition coefficient (Wildman–Crippen LogP) is 6.34. The van der Waals surface area contributed by atoms with Crippen LogP contribution < -0.4 is 4.74 Å². The highest BCUT2D eigenvalue weighted by atomic mass is 35.5. The van der Waals surface area contributed by atoms with Gasteiger partial charge in [0.1, 0.15) is 17.1 Å². The fraction of sp³-hybridized carbons (Fsp3) is 0.636. The Morgan fingerprint density at radius 2 is 1.96 bits per heavy atom. The van der Waals surface area contributed by atoms with Crippen LogP contribution in [0.2, 0.25) is 0 Å². The molecule has 0 saturated carbocycles. The second kappa shape index (κ2) is 7.61. The average Bonchev–Trinajstić information content (AvgIpc) is 2.53. The average molecular weight is 363 g/mol.